The van der Waals surface area contributed by atoms with Crippen LogP contribution in [-0.4, -0.2) is 8.07 Å². The lowest BCUT2D eigenvalue weighted by atomic mass is 9.92. The molecule has 2 aliphatic heterocycles. The standard InChI is InChI=1S/C25H24Si/c1-3-11-20(12-4-1)25-23-16-8-7-13-21(23)19-26(18-10-9-17-24(25)26)22-14-5-2-6-15-22/h1-8,11-16H,9-10,17-19H2. The minimum atomic E-state index is -1.69. The molecule has 1 saturated heterocycles. The number of hydrogen-bond acceptors (Lipinski definition) is 0. The molecule has 1 unspecified atom stereocenters. The summed E-state index contributed by atoms with van der Waals surface area (Å²) in [5, 5.41) is 3.44. The Hall–Kier alpha value is -2.38. The van der Waals surface area contributed by atoms with E-state index in [1.807, 2.05) is 0 Å². The molecule has 2 heterocycles. The molecule has 0 radical (unpaired) electrons. The van der Waals surface area contributed by atoms with Crippen LogP contribution in [0, 0.1) is 0 Å². The molecular weight excluding hydrogens is 328 g/mol. The molecule has 0 aromatic heterocycles. The largest absolute Gasteiger partial charge is 0.118 e. The smallest absolute Gasteiger partial charge is 0.0669 e. The van der Waals surface area contributed by atoms with Gasteiger partial charge in [0.05, 0.1) is 0 Å². The molecule has 1 heteroatoms. The third-order valence-electron chi connectivity index (χ3n) is 6.33. The van der Waals surface area contributed by atoms with Gasteiger partial charge in [-0.2, -0.15) is 0 Å². The molecule has 2 aliphatic rings. The maximum Gasteiger partial charge on any atom is 0.118 e. The van der Waals surface area contributed by atoms with E-state index in [-0.39, 0.29) is 0 Å². The Morgan fingerprint density at radius 1 is 0.654 bits per heavy atom. The van der Waals surface area contributed by atoms with Gasteiger partial charge in [0.25, 0.3) is 0 Å². The van der Waals surface area contributed by atoms with E-state index in [2.05, 4.69) is 84.9 Å². The van der Waals surface area contributed by atoms with Crippen molar-refractivity contribution in [2.24, 2.45) is 0 Å². The average Bonchev–Trinajstić information content (AvgIpc) is 2.73. The molecule has 3 aromatic rings. The molecule has 0 saturated carbocycles. The van der Waals surface area contributed by atoms with Crippen molar-refractivity contribution in [1.29, 1.82) is 0 Å². The molecule has 0 amide bonds. The van der Waals surface area contributed by atoms with E-state index in [0.29, 0.717) is 0 Å². The third-order valence-corrected chi connectivity index (χ3v) is 11.6. The highest BCUT2D eigenvalue weighted by Crippen LogP contribution is 2.46. The van der Waals surface area contributed by atoms with Crippen LogP contribution < -0.4 is 5.19 Å². The van der Waals surface area contributed by atoms with Gasteiger partial charge in [0.15, 0.2) is 0 Å². The van der Waals surface area contributed by atoms with Crippen molar-refractivity contribution in [2.45, 2.75) is 31.4 Å². The Labute approximate surface area is 157 Å². The topological polar surface area (TPSA) is 0 Å². The quantitative estimate of drug-likeness (QED) is 0.522. The third kappa shape index (κ3) is 2.42. The fourth-order valence-corrected chi connectivity index (χ4v) is 10.8. The lowest BCUT2D eigenvalue weighted by Crippen LogP contribution is -2.55. The lowest BCUT2D eigenvalue weighted by Gasteiger charge is -2.44. The van der Waals surface area contributed by atoms with Crippen molar-refractivity contribution in [1.82, 2.24) is 0 Å². The average molecular weight is 353 g/mol. The Morgan fingerprint density at radius 2 is 1.35 bits per heavy atom. The highest BCUT2D eigenvalue weighted by atomic mass is 28.3. The van der Waals surface area contributed by atoms with Gasteiger partial charge in [-0.3, -0.25) is 0 Å². The van der Waals surface area contributed by atoms with Crippen LogP contribution in [0.4, 0.5) is 0 Å². The second-order valence-corrected chi connectivity index (χ2v) is 11.9. The monoisotopic (exact) mass is 352 g/mol. The van der Waals surface area contributed by atoms with Crippen LogP contribution in [0.15, 0.2) is 90.1 Å². The molecular formula is C25H24Si. The van der Waals surface area contributed by atoms with E-state index >= 15 is 0 Å². The van der Waals surface area contributed by atoms with Crippen LogP contribution in [0.3, 0.4) is 0 Å². The van der Waals surface area contributed by atoms with Crippen LogP contribution in [-0.2, 0) is 6.04 Å². The summed E-state index contributed by atoms with van der Waals surface area (Å²) in [6, 6.07) is 34.4. The van der Waals surface area contributed by atoms with Crippen molar-refractivity contribution in [2.75, 3.05) is 0 Å². The first-order chi connectivity index (χ1) is 12.9. The van der Waals surface area contributed by atoms with Gasteiger partial charge in [-0.1, -0.05) is 108 Å². The Balaban J connectivity index is 1.83. The maximum atomic E-state index is 2.41. The molecule has 3 aromatic carbocycles. The Morgan fingerprint density at radius 3 is 2.15 bits per heavy atom. The van der Waals surface area contributed by atoms with Crippen LogP contribution in [0.5, 0.6) is 0 Å². The minimum absolute atomic E-state index is 1.28. The Kier molecular flexibility index (Phi) is 3.90. The second kappa shape index (κ2) is 6.41. The molecule has 1 atom stereocenters. The van der Waals surface area contributed by atoms with Crippen molar-refractivity contribution in [3.63, 3.8) is 0 Å². The normalized spacial score (nSPS) is 21.8. The van der Waals surface area contributed by atoms with Crippen LogP contribution >= 0.6 is 0 Å². The van der Waals surface area contributed by atoms with Gasteiger partial charge in [0.2, 0.25) is 0 Å². The predicted molar refractivity (Wildman–Crippen MR) is 113 cm³/mol. The van der Waals surface area contributed by atoms with E-state index in [1.165, 1.54) is 42.5 Å². The molecule has 0 spiro atoms. The van der Waals surface area contributed by atoms with E-state index < -0.39 is 8.07 Å². The van der Waals surface area contributed by atoms with E-state index in [9.17, 15) is 0 Å². The van der Waals surface area contributed by atoms with Gasteiger partial charge in [0.1, 0.15) is 8.07 Å². The SMILES string of the molecule is c1ccc(C2=C3CCCC[Si]3(c3ccccc3)Cc3ccccc32)cc1. The predicted octanol–water partition coefficient (Wildman–Crippen LogP) is 5.66. The van der Waals surface area contributed by atoms with Gasteiger partial charge in [-0.05, 0) is 40.8 Å². The summed E-state index contributed by atoms with van der Waals surface area (Å²) in [5.74, 6) is 0. The van der Waals surface area contributed by atoms with Gasteiger partial charge in [0, 0.05) is 0 Å². The van der Waals surface area contributed by atoms with Gasteiger partial charge < -0.3 is 0 Å². The highest BCUT2D eigenvalue weighted by molar-refractivity contribution is 6.98. The first-order valence-corrected chi connectivity index (χ1v) is 12.2. The number of allylic oxidation sites excluding steroid dienone is 1. The van der Waals surface area contributed by atoms with Crippen molar-refractivity contribution in [3.05, 3.63) is 107 Å². The van der Waals surface area contributed by atoms with E-state index in [1.54, 1.807) is 21.5 Å². The zero-order valence-corrected chi connectivity index (χ0v) is 16.1. The fraction of sp³-hybridized carbons (Fsp3) is 0.200. The summed E-state index contributed by atoms with van der Waals surface area (Å²) in [7, 11) is -1.69. The molecule has 0 aliphatic carbocycles. The lowest BCUT2D eigenvalue weighted by molar-refractivity contribution is 0.756. The summed E-state index contributed by atoms with van der Waals surface area (Å²) in [6.07, 6.45) is 4.00. The summed E-state index contributed by atoms with van der Waals surface area (Å²) in [4.78, 5) is 0. The molecule has 0 nitrogen and oxygen atoms in total. The number of rotatable bonds is 2. The molecule has 0 bridgehead atoms. The van der Waals surface area contributed by atoms with Gasteiger partial charge in [-0.25, -0.2) is 0 Å². The summed E-state index contributed by atoms with van der Waals surface area (Å²) >= 11 is 0. The first-order valence-electron chi connectivity index (χ1n) is 9.81. The van der Waals surface area contributed by atoms with Crippen molar-refractivity contribution >= 4 is 18.8 Å². The molecule has 26 heavy (non-hydrogen) atoms. The number of fused-ring (bicyclic) bond motifs is 2. The highest BCUT2D eigenvalue weighted by Gasteiger charge is 2.45. The van der Waals surface area contributed by atoms with Crippen LogP contribution in [0.25, 0.3) is 5.57 Å². The fourth-order valence-electron chi connectivity index (χ4n) is 5.20. The van der Waals surface area contributed by atoms with Crippen LogP contribution in [0.2, 0.25) is 6.04 Å². The molecule has 0 N–H and O–H groups in total. The summed E-state index contributed by atoms with van der Waals surface area (Å²) < 4.78 is 0. The first kappa shape index (κ1) is 15.8. The zero-order chi connectivity index (χ0) is 17.4. The van der Waals surface area contributed by atoms with E-state index in [0.717, 1.165) is 0 Å². The summed E-state index contributed by atoms with van der Waals surface area (Å²) in [6.45, 7) is 0. The van der Waals surface area contributed by atoms with Gasteiger partial charge in [-0.15, -0.1) is 0 Å². The maximum absolute atomic E-state index is 2.41. The second-order valence-electron chi connectivity index (χ2n) is 7.71. The summed E-state index contributed by atoms with van der Waals surface area (Å²) in [5.41, 5.74) is 6.01. The van der Waals surface area contributed by atoms with Crippen molar-refractivity contribution in [3.8, 4) is 0 Å². The molecule has 128 valence electrons. The number of benzene rings is 3. The molecule has 5 rings (SSSR count). The zero-order valence-electron chi connectivity index (χ0n) is 15.1. The Bertz CT molecular complexity index is 956. The van der Waals surface area contributed by atoms with Gasteiger partial charge >= 0.3 is 0 Å². The van der Waals surface area contributed by atoms with E-state index in [4.69, 9.17) is 0 Å². The minimum Gasteiger partial charge on any atom is -0.0669 e. The number of hydrogen-bond donors (Lipinski definition) is 0. The van der Waals surface area contributed by atoms with Crippen molar-refractivity contribution < 1.29 is 0 Å². The molecule has 1 fully saturated rings. The van der Waals surface area contributed by atoms with Crippen LogP contribution in [0.1, 0.15) is 36.0 Å².